The lowest BCUT2D eigenvalue weighted by Gasteiger charge is -2.08. The molecular formula is C12H17BrN4O3. The fourth-order valence-corrected chi connectivity index (χ4v) is 2.00. The average Bonchev–Trinajstić information content (AvgIpc) is 2.73. The summed E-state index contributed by atoms with van der Waals surface area (Å²) in [5.74, 6) is -1.12. The van der Waals surface area contributed by atoms with Gasteiger partial charge in [-0.25, -0.2) is 0 Å². The summed E-state index contributed by atoms with van der Waals surface area (Å²) in [4.78, 5) is 34.4. The predicted octanol–water partition coefficient (Wildman–Crippen LogP) is 0.465. The summed E-state index contributed by atoms with van der Waals surface area (Å²) in [6.45, 7) is 1.70. The molecule has 1 heterocycles. The quantitative estimate of drug-likeness (QED) is 0.677. The molecule has 1 aromatic rings. The summed E-state index contributed by atoms with van der Waals surface area (Å²) in [7, 11) is 1.71. The van der Waals surface area contributed by atoms with Crippen molar-refractivity contribution in [3.8, 4) is 0 Å². The summed E-state index contributed by atoms with van der Waals surface area (Å²) < 4.78 is 2.39. The molecule has 0 aliphatic rings. The first-order valence-corrected chi connectivity index (χ1v) is 6.91. The number of amides is 3. The number of hydrogen-bond donors (Lipinski definition) is 3. The Balaban J connectivity index is 2.36. The fourth-order valence-electron chi connectivity index (χ4n) is 1.48. The van der Waals surface area contributed by atoms with E-state index < -0.39 is 11.8 Å². The summed E-state index contributed by atoms with van der Waals surface area (Å²) in [5, 5.41) is 2.45. The van der Waals surface area contributed by atoms with Gasteiger partial charge in [0.25, 0.3) is 11.8 Å². The van der Waals surface area contributed by atoms with Crippen LogP contribution in [0.1, 0.15) is 30.3 Å². The van der Waals surface area contributed by atoms with Crippen molar-refractivity contribution in [3.63, 3.8) is 0 Å². The van der Waals surface area contributed by atoms with Crippen LogP contribution in [-0.2, 0) is 16.6 Å². The van der Waals surface area contributed by atoms with Gasteiger partial charge in [-0.05, 0) is 28.4 Å². The normalized spacial score (nSPS) is 9.95. The van der Waals surface area contributed by atoms with Crippen LogP contribution < -0.4 is 16.2 Å². The highest BCUT2D eigenvalue weighted by atomic mass is 79.9. The van der Waals surface area contributed by atoms with Crippen molar-refractivity contribution in [3.05, 3.63) is 22.4 Å². The summed E-state index contributed by atoms with van der Waals surface area (Å²) in [6.07, 6.45) is 2.81. The molecule has 3 N–H and O–H groups in total. The van der Waals surface area contributed by atoms with Gasteiger partial charge in [0, 0.05) is 24.1 Å². The minimum absolute atomic E-state index is 0.171. The molecular weight excluding hydrogens is 328 g/mol. The van der Waals surface area contributed by atoms with E-state index in [1.165, 1.54) is 0 Å². The van der Waals surface area contributed by atoms with Gasteiger partial charge >= 0.3 is 0 Å². The predicted molar refractivity (Wildman–Crippen MR) is 76.6 cm³/mol. The Morgan fingerprint density at radius 1 is 1.25 bits per heavy atom. The zero-order chi connectivity index (χ0) is 15.1. The maximum Gasteiger partial charge on any atom is 0.286 e. The smallest absolute Gasteiger partial charge is 0.286 e. The van der Waals surface area contributed by atoms with Crippen LogP contribution in [0.4, 0.5) is 0 Å². The molecule has 8 heteroatoms. The zero-order valence-corrected chi connectivity index (χ0v) is 12.9. The van der Waals surface area contributed by atoms with Crippen molar-refractivity contribution in [2.75, 3.05) is 6.54 Å². The number of aromatic nitrogens is 1. The van der Waals surface area contributed by atoms with Crippen LogP contribution in [0.25, 0.3) is 0 Å². The van der Waals surface area contributed by atoms with E-state index >= 15 is 0 Å². The number of halogens is 1. The molecule has 0 aromatic carbocycles. The van der Waals surface area contributed by atoms with Crippen LogP contribution in [0, 0.1) is 0 Å². The van der Waals surface area contributed by atoms with Gasteiger partial charge in [-0.2, -0.15) is 0 Å². The van der Waals surface area contributed by atoms with Crippen LogP contribution in [-0.4, -0.2) is 28.8 Å². The summed E-state index contributed by atoms with van der Waals surface area (Å²) in [6, 6.07) is 1.63. The molecule has 0 aliphatic carbocycles. The van der Waals surface area contributed by atoms with E-state index in [-0.39, 0.29) is 12.5 Å². The number of nitrogens with zero attached hydrogens (tertiary/aromatic N) is 1. The van der Waals surface area contributed by atoms with Gasteiger partial charge in [-0.3, -0.25) is 25.2 Å². The fraction of sp³-hybridized carbons (Fsp3) is 0.417. The van der Waals surface area contributed by atoms with Gasteiger partial charge in [0.05, 0.1) is 6.54 Å². The Labute approximate surface area is 125 Å². The van der Waals surface area contributed by atoms with Crippen molar-refractivity contribution in [2.24, 2.45) is 7.05 Å². The van der Waals surface area contributed by atoms with Crippen molar-refractivity contribution in [2.45, 2.75) is 19.8 Å². The van der Waals surface area contributed by atoms with Crippen LogP contribution >= 0.6 is 15.9 Å². The van der Waals surface area contributed by atoms with E-state index in [0.717, 1.165) is 4.47 Å². The SMILES string of the molecule is CCCC(=O)NCC(=O)NNC(=O)c1cc(Br)cn1C. The number of hydrogen-bond acceptors (Lipinski definition) is 3. The number of carbonyl (C=O) groups excluding carboxylic acids is 3. The van der Waals surface area contributed by atoms with Crippen LogP contribution in [0.3, 0.4) is 0 Å². The number of aryl methyl sites for hydroxylation is 1. The number of nitrogens with one attached hydrogen (secondary N) is 3. The molecule has 0 saturated heterocycles. The Hall–Kier alpha value is -1.83. The second kappa shape index (κ2) is 7.68. The van der Waals surface area contributed by atoms with Gasteiger partial charge in [-0.1, -0.05) is 6.92 Å². The molecule has 0 radical (unpaired) electrons. The molecule has 110 valence electrons. The molecule has 0 aliphatic heterocycles. The Morgan fingerprint density at radius 3 is 2.50 bits per heavy atom. The minimum Gasteiger partial charge on any atom is -0.347 e. The molecule has 3 amide bonds. The summed E-state index contributed by atoms with van der Waals surface area (Å²) in [5.41, 5.74) is 4.91. The van der Waals surface area contributed by atoms with E-state index in [1.54, 1.807) is 23.9 Å². The first kappa shape index (κ1) is 16.2. The van der Waals surface area contributed by atoms with Crippen molar-refractivity contribution < 1.29 is 14.4 Å². The van der Waals surface area contributed by atoms with Crippen molar-refractivity contribution >= 4 is 33.7 Å². The molecule has 0 bridgehead atoms. The maximum absolute atomic E-state index is 11.8. The first-order valence-electron chi connectivity index (χ1n) is 6.11. The Kier molecular flexibility index (Phi) is 6.23. The third-order valence-corrected chi connectivity index (χ3v) is 2.88. The largest absolute Gasteiger partial charge is 0.347 e. The van der Waals surface area contributed by atoms with E-state index in [9.17, 15) is 14.4 Å². The molecule has 0 unspecified atom stereocenters. The number of hydrazine groups is 1. The monoisotopic (exact) mass is 344 g/mol. The minimum atomic E-state index is -0.490. The molecule has 1 rings (SSSR count). The van der Waals surface area contributed by atoms with Crippen LogP contribution in [0.2, 0.25) is 0 Å². The van der Waals surface area contributed by atoms with Gasteiger partial charge in [0.15, 0.2) is 0 Å². The van der Waals surface area contributed by atoms with Crippen LogP contribution in [0.15, 0.2) is 16.7 Å². The number of carbonyl (C=O) groups is 3. The van der Waals surface area contributed by atoms with Gasteiger partial charge in [0.2, 0.25) is 5.91 Å². The van der Waals surface area contributed by atoms with Crippen LogP contribution in [0.5, 0.6) is 0 Å². The highest BCUT2D eigenvalue weighted by Gasteiger charge is 2.12. The Bertz CT molecular complexity index is 513. The highest BCUT2D eigenvalue weighted by Crippen LogP contribution is 2.13. The third-order valence-electron chi connectivity index (χ3n) is 2.44. The lowest BCUT2D eigenvalue weighted by atomic mass is 10.3. The topological polar surface area (TPSA) is 92.2 Å². The maximum atomic E-state index is 11.8. The second-order valence-corrected chi connectivity index (χ2v) is 5.10. The third kappa shape index (κ3) is 5.04. The molecule has 0 fully saturated rings. The molecule has 0 atom stereocenters. The Morgan fingerprint density at radius 2 is 1.95 bits per heavy atom. The van der Waals surface area contributed by atoms with Crippen molar-refractivity contribution in [1.82, 2.24) is 20.7 Å². The summed E-state index contributed by atoms with van der Waals surface area (Å²) >= 11 is 3.25. The van der Waals surface area contributed by atoms with Gasteiger partial charge in [-0.15, -0.1) is 0 Å². The van der Waals surface area contributed by atoms with E-state index in [0.29, 0.717) is 18.5 Å². The van der Waals surface area contributed by atoms with E-state index in [4.69, 9.17) is 0 Å². The molecule has 20 heavy (non-hydrogen) atoms. The molecule has 0 saturated carbocycles. The van der Waals surface area contributed by atoms with E-state index in [2.05, 4.69) is 32.1 Å². The standard InChI is InChI=1S/C12H17BrN4O3/c1-3-4-10(18)14-6-11(19)15-16-12(20)9-5-8(13)7-17(9)2/h5,7H,3-4,6H2,1-2H3,(H,14,18)(H,15,19)(H,16,20). The number of rotatable bonds is 5. The second-order valence-electron chi connectivity index (χ2n) is 4.18. The molecule has 7 nitrogen and oxygen atoms in total. The van der Waals surface area contributed by atoms with E-state index in [1.807, 2.05) is 6.92 Å². The molecule has 1 aromatic heterocycles. The van der Waals surface area contributed by atoms with Gasteiger partial charge < -0.3 is 9.88 Å². The lowest BCUT2D eigenvalue weighted by Crippen LogP contribution is -2.46. The zero-order valence-electron chi connectivity index (χ0n) is 11.3. The van der Waals surface area contributed by atoms with Gasteiger partial charge in [0.1, 0.15) is 5.69 Å². The molecule has 0 spiro atoms. The first-order chi connectivity index (χ1) is 9.43. The highest BCUT2D eigenvalue weighted by molar-refractivity contribution is 9.10. The van der Waals surface area contributed by atoms with Crippen molar-refractivity contribution in [1.29, 1.82) is 0 Å². The average molecular weight is 345 g/mol. The lowest BCUT2D eigenvalue weighted by molar-refractivity contribution is -0.126.